The molecule has 158 valence electrons. The number of halogens is 1. The van der Waals surface area contributed by atoms with Crippen LogP contribution in [0.5, 0.6) is 0 Å². The van der Waals surface area contributed by atoms with Crippen LogP contribution < -0.4 is 5.32 Å². The van der Waals surface area contributed by atoms with E-state index < -0.39 is 11.8 Å². The van der Waals surface area contributed by atoms with Crippen molar-refractivity contribution in [1.82, 2.24) is 10.2 Å². The van der Waals surface area contributed by atoms with E-state index in [4.69, 9.17) is 4.74 Å². The SMILES string of the molecule is C[C@@H](NC(=O)COC(=O)C1CCN(C(=O)c2ccc(F)cc2)CC1)c1ccccc1. The lowest BCUT2D eigenvalue weighted by Gasteiger charge is -2.31. The quantitative estimate of drug-likeness (QED) is 0.740. The summed E-state index contributed by atoms with van der Waals surface area (Å²) >= 11 is 0. The van der Waals surface area contributed by atoms with Gasteiger partial charge in [0.15, 0.2) is 6.61 Å². The molecule has 2 aromatic rings. The first-order valence-corrected chi connectivity index (χ1v) is 10.00. The minimum atomic E-state index is -0.425. The van der Waals surface area contributed by atoms with Crippen LogP contribution in [0, 0.1) is 11.7 Å². The molecule has 2 amide bonds. The van der Waals surface area contributed by atoms with Gasteiger partial charge in [-0.05, 0) is 49.6 Å². The number of amides is 2. The molecule has 0 radical (unpaired) electrons. The number of hydrogen-bond donors (Lipinski definition) is 1. The van der Waals surface area contributed by atoms with Crippen molar-refractivity contribution in [3.05, 3.63) is 71.5 Å². The second-order valence-electron chi connectivity index (χ2n) is 7.38. The summed E-state index contributed by atoms with van der Waals surface area (Å²) in [7, 11) is 0. The normalized spacial score (nSPS) is 15.3. The fraction of sp³-hybridized carbons (Fsp3) is 0.348. The Bertz CT molecular complexity index is 878. The Morgan fingerprint density at radius 3 is 2.33 bits per heavy atom. The molecule has 0 aliphatic carbocycles. The van der Waals surface area contributed by atoms with Crippen molar-refractivity contribution in [2.45, 2.75) is 25.8 Å². The highest BCUT2D eigenvalue weighted by molar-refractivity contribution is 5.94. The van der Waals surface area contributed by atoms with E-state index >= 15 is 0 Å². The van der Waals surface area contributed by atoms with Crippen molar-refractivity contribution in [1.29, 1.82) is 0 Å². The number of hydrogen-bond acceptors (Lipinski definition) is 4. The van der Waals surface area contributed by atoms with Gasteiger partial charge in [-0.25, -0.2) is 4.39 Å². The first-order valence-electron chi connectivity index (χ1n) is 10.00. The van der Waals surface area contributed by atoms with E-state index in [1.807, 2.05) is 37.3 Å². The number of rotatable bonds is 6. The zero-order valence-corrected chi connectivity index (χ0v) is 16.8. The molecule has 1 aliphatic heterocycles. The topological polar surface area (TPSA) is 75.7 Å². The van der Waals surface area contributed by atoms with Gasteiger partial charge in [0, 0.05) is 18.7 Å². The summed E-state index contributed by atoms with van der Waals surface area (Å²) in [5.74, 6) is -1.71. The van der Waals surface area contributed by atoms with Gasteiger partial charge in [-0.2, -0.15) is 0 Å². The molecule has 1 fully saturated rings. The highest BCUT2D eigenvalue weighted by Crippen LogP contribution is 2.20. The van der Waals surface area contributed by atoms with E-state index in [9.17, 15) is 18.8 Å². The molecule has 1 heterocycles. The van der Waals surface area contributed by atoms with Crippen molar-refractivity contribution in [3.8, 4) is 0 Å². The summed E-state index contributed by atoms with van der Waals surface area (Å²) < 4.78 is 18.2. The minimum absolute atomic E-state index is 0.182. The van der Waals surface area contributed by atoms with Crippen molar-refractivity contribution in [3.63, 3.8) is 0 Å². The molecular formula is C23H25FN2O4. The molecule has 0 unspecified atom stereocenters. The molecule has 1 atom stereocenters. The third-order valence-corrected chi connectivity index (χ3v) is 5.23. The minimum Gasteiger partial charge on any atom is -0.455 e. The lowest BCUT2D eigenvalue weighted by Crippen LogP contribution is -2.41. The average molecular weight is 412 g/mol. The molecular weight excluding hydrogens is 387 g/mol. The van der Waals surface area contributed by atoms with Crippen LogP contribution in [-0.4, -0.2) is 42.4 Å². The first kappa shape index (κ1) is 21.5. The summed E-state index contributed by atoms with van der Waals surface area (Å²) in [4.78, 5) is 38.5. The van der Waals surface area contributed by atoms with Crippen LogP contribution >= 0.6 is 0 Å². The predicted octanol–water partition coefficient (Wildman–Crippen LogP) is 3.10. The molecule has 0 saturated carbocycles. The van der Waals surface area contributed by atoms with Crippen molar-refractivity contribution in [2.24, 2.45) is 5.92 Å². The lowest BCUT2D eigenvalue weighted by molar-refractivity contribution is -0.154. The van der Waals surface area contributed by atoms with E-state index in [0.29, 0.717) is 31.5 Å². The van der Waals surface area contributed by atoms with Gasteiger partial charge >= 0.3 is 5.97 Å². The molecule has 0 aromatic heterocycles. The Balaban J connectivity index is 1.41. The number of piperidine rings is 1. The Morgan fingerprint density at radius 2 is 1.70 bits per heavy atom. The maximum Gasteiger partial charge on any atom is 0.309 e. The van der Waals surface area contributed by atoms with E-state index in [2.05, 4.69) is 5.32 Å². The fourth-order valence-electron chi connectivity index (χ4n) is 3.46. The van der Waals surface area contributed by atoms with E-state index in [1.165, 1.54) is 24.3 Å². The molecule has 0 spiro atoms. The van der Waals surface area contributed by atoms with Crippen molar-refractivity contribution >= 4 is 17.8 Å². The highest BCUT2D eigenvalue weighted by Gasteiger charge is 2.29. The summed E-state index contributed by atoms with van der Waals surface area (Å²) in [5.41, 5.74) is 1.39. The maximum absolute atomic E-state index is 13.0. The first-order chi connectivity index (χ1) is 14.4. The molecule has 1 N–H and O–H groups in total. The second-order valence-corrected chi connectivity index (χ2v) is 7.38. The zero-order chi connectivity index (χ0) is 21.5. The third kappa shape index (κ3) is 5.65. The smallest absolute Gasteiger partial charge is 0.309 e. The van der Waals surface area contributed by atoms with Crippen LogP contribution in [0.4, 0.5) is 4.39 Å². The van der Waals surface area contributed by atoms with Crippen molar-refractivity contribution < 1.29 is 23.5 Å². The molecule has 0 bridgehead atoms. The summed E-state index contributed by atoms with van der Waals surface area (Å²) in [6.07, 6.45) is 0.932. The number of nitrogens with one attached hydrogen (secondary N) is 1. The monoisotopic (exact) mass is 412 g/mol. The van der Waals surface area contributed by atoms with Gasteiger partial charge in [-0.15, -0.1) is 0 Å². The molecule has 1 saturated heterocycles. The van der Waals surface area contributed by atoms with Crippen LogP contribution in [0.3, 0.4) is 0 Å². The largest absolute Gasteiger partial charge is 0.455 e. The average Bonchev–Trinajstić information content (AvgIpc) is 2.78. The Morgan fingerprint density at radius 1 is 1.07 bits per heavy atom. The van der Waals surface area contributed by atoms with Gasteiger partial charge in [-0.3, -0.25) is 14.4 Å². The fourth-order valence-corrected chi connectivity index (χ4v) is 3.46. The lowest BCUT2D eigenvalue weighted by atomic mass is 9.96. The Labute approximate surface area is 175 Å². The summed E-state index contributed by atoms with van der Waals surface area (Å²) in [5, 5.41) is 2.80. The van der Waals surface area contributed by atoms with E-state index in [1.54, 1.807) is 4.90 Å². The van der Waals surface area contributed by atoms with Gasteiger partial charge in [0.1, 0.15) is 5.82 Å². The number of benzene rings is 2. The molecule has 3 rings (SSSR count). The van der Waals surface area contributed by atoms with Gasteiger partial charge in [0.25, 0.3) is 11.8 Å². The number of likely N-dealkylation sites (tertiary alicyclic amines) is 1. The number of nitrogens with zero attached hydrogens (tertiary/aromatic N) is 1. The van der Waals surface area contributed by atoms with Crippen LogP contribution in [0.25, 0.3) is 0 Å². The van der Waals surface area contributed by atoms with E-state index in [-0.39, 0.29) is 30.4 Å². The number of ether oxygens (including phenoxy) is 1. The maximum atomic E-state index is 13.0. The van der Waals surface area contributed by atoms with Crippen molar-refractivity contribution in [2.75, 3.05) is 19.7 Å². The van der Waals surface area contributed by atoms with Crippen LogP contribution in [0.1, 0.15) is 41.7 Å². The number of carbonyl (C=O) groups is 3. The standard InChI is InChI=1S/C23H25FN2O4/c1-16(17-5-3-2-4-6-17)25-21(27)15-30-23(29)19-11-13-26(14-12-19)22(28)18-7-9-20(24)10-8-18/h2-10,16,19H,11-15H2,1H3,(H,25,27)/t16-/m1/s1. The number of carbonyl (C=O) groups excluding carboxylic acids is 3. The van der Waals surface area contributed by atoms with Gasteiger partial charge in [0.2, 0.25) is 0 Å². The molecule has 30 heavy (non-hydrogen) atoms. The second kappa shape index (κ2) is 10.0. The summed E-state index contributed by atoms with van der Waals surface area (Å²) in [6, 6.07) is 14.7. The van der Waals surface area contributed by atoms with Crippen LogP contribution in [0.15, 0.2) is 54.6 Å². The van der Waals surface area contributed by atoms with Gasteiger partial charge < -0.3 is 15.0 Å². The Kier molecular flexibility index (Phi) is 7.17. The Hall–Kier alpha value is -3.22. The predicted molar refractivity (Wildman–Crippen MR) is 109 cm³/mol. The van der Waals surface area contributed by atoms with Gasteiger partial charge in [-0.1, -0.05) is 30.3 Å². The molecule has 2 aromatic carbocycles. The van der Waals surface area contributed by atoms with Crippen LogP contribution in [-0.2, 0) is 14.3 Å². The molecule has 7 heteroatoms. The zero-order valence-electron chi connectivity index (χ0n) is 16.8. The molecule has 1 aliphatic rings. The van der Waals surface area contributed by atoms with Crippen LogP contribution in [0.2, 0.25) is 0 Å². The third-order valence-electron chi connectivity index (χ3n) is 5.23. The van der Waals surface area contributed by atoms with E-state index in [0.717, 1.165) is 5.56 Å². The summed E-state index contributed by atoms with van der Waals surface area (Å²) in [6.45, 7) is 2.36. The highest BCUT2D eigenvalue weighted by atomic mass is 19.1. The molecule has 6 nitrogen and oxygen atoms in total. The van der Waals surface area contributed by atoms with Gasteiger partial charge in [0.05, 0.1) is 12.0 Å². The number of esters is 1.